The first-order chi connectivity index (χ1) is 30.9. The van der Waals surface area contributed by atoms with Crippen LogP contribution in [0, 0.1) is 23.7 Å². The van der Waals surface area contributed by atoms with Gasteiger partial charge in [-0.15, -0.1) is 0 Å². The molecule has 2 heteroatoms. The Balaban J connectivity index is 0.882. The van der Waals surface area contributed by atoms with E-state index < -0.39 is 0 Å². The van der Waals surface area contributed by atoms with Crippen LogP contribution in [0.15, 0.2) is 206 Å². The molecule has 4 bridgehead atoms. The predicted octanol–water partition coefficient (Wildman–Crippen LogP) is 16.3. The fraction of sp³-hybridized carbons (Fsp3) is 0.213. The molecule has 0 aromatic heterocycles. The van der Waals surface area contributed by atoms with Crippen molar-refractivity contribution >= 4 is 34.1 Å². The Morgan fingerprint density at radius 1 is 0.349 bits per heavy atom. The highest BCUT2D eigenvalue weighted by Gasteiger charge is 2.58. The summed E-state index contributed by atoms with van der Waals surface area (Å²) in [6.07, 6.45) is 6.85. The summed E-state index contributed by atoms with van der Waals surface area (Å²) in [5.41, 5.74) is 18.0. The molecule has 0 atom stereocenters. The Labute approximate surface area is 373 Å². The van der Waals surface area contributed by atoms with Crippen molar-refractivity contribution in [3.05, 3.63) is 229 Å². The molecule has 0 amide bonds. The van der Waals surface area contributed by atoms with E-state index in [0.717, 1.165) is 23.2 Å². The van der Waals surface area contributed by atoms with Gasteiger partial charge in [-0.1, -0.05) is 147 Å². The quantitative estimate of drug-likeness (QED) is 0.143. The highest BCUT2D eigenvalue weighted by Crippen LogP contribution is 2.65. The van der Waals surface area contributed by atoms with Crippen molar-refractivity contribution in [3.63, 3.8) is 0 Å². The molecule has 5 aliphatic rings. The molecule has 0 spiro atoms. The van der Waals surface area contributed by atoms with Crippen LogP contribution >= 0.6 is 0 Å². The molecule has 2 nitrogen and oxygen atoms in total. The molecule has 4 fully saturated rings. The first kappa shape index (κ1) is 38.1. The van der Waals surface area contributed by atoms with Gasteiger partial charge in [-0.05, 0) is 173 Å². The number of hydrogen-bond donors (Lipinski definition) is 0. The van der Waals surface area contributed by atoms with E-state index in [2.05, 4.69) is 230 Å². The molecular formula is C61H54N2. The Hall–Kier alpha value is -6.64. The van der Waals surface area contributed by atoms with E-state index >= 15 is 0 Å². The second-order valence-corrected chi connectivity index (χ2v) is 19.4. The van der Waals surface area contributed by atoms with Crippen molar-refractivity contribution in [1.82, 2.24) is 0 Å². The smallest absolute Gasteiger partial charge is 0.0465 e. The van der Waals surface area contributed by atoms with Gasteiger partial charge in [0, 0.05) is 45.0 Å². The molecule has 0 heterocycles. The number of hydrogen-bond acceptors (Lipinski definition) is 2. The third-order valence-corrected chi connectivity index (χ3v) is 15.7. The molecule has 63 heavy (non-hydrogen) atoms. The minimum absolute atomic E-state index is 0.0284. The van der Waals surface area contributed by atoms with E-state index in [0.29, 0.717) is 11.8 Å². The summed E-state index contributed by atoms with van der Waals surface area (Å²) in [6, 6.07) is 77.2. The lowest BCUT2D eigenvalue weighted by Gasteiger charge is -2.62. The maximum absolute atomic E-state index is 2.50. The lowest BCUT2D eigenvalue weighted by molar-refractivity contribution is -0.0418. The monoisotopic (exact) mass is 814 g/mol. The standard InChI is InChI=1S/C61H54N2/c1-60(2)58-21-13-12-20-56(58)57-35-34-55(41-59(57)60)63(52-18-10-5-11-19-52)53-30-24-45(25-31-53)44-22-26-46(27-23-44)61(48-37-42-36-43(39-48)40-49(61)38-42)47-28-32-54(33-29-47)62(50-14-6-3-7-15-50)51-16-8-4-9-17-51/h3-35,41-43,48-49H,36-40H2,1-2H3. The van der Waals surface area contributed by atoms with E-state index in [1.807, 2.05) is 0 Å². The van der Waals surface area contributed by atoms with E-state index in [1.54, 1.807) is 0 Å². The molecule has 0 radical (unpaired) electrons. The maximum atomic E-state index is 2.50. The van der Waals surface area contributed by atoms with Crippen LogP contribution in [0.25, 0.3) is 22.3 Å². The first-order valence-corrected chi connectivity index (χ1v) is 23.3. The molecule has 0 saturated heterocycles. The number of rotatable bonds is 9. The predicted molar refractivity (Wildman–Crippen MR) is 263 cm³/mol. The van der Waals surface area contributed by atoms with Gasteiger partial charge < -0.3 is 9.80 Å². The Morgan fingerprint density at radius 3 is 1.25 bits per heavy atom. The van der Waals surface area contributed by atoms with Crippen molar-refractivity contribution in [1.29, 1.82) is 0 Å². The summed E-state index contributed by atoms with van der Waals surface area (Å²) in [7, 11) is 0. The molecule has 308 valence electrons. The Kier molecular flexibility index (Phi) is 9.08. The minimum Gasteiger partial charge on any atom is -0.311 e. The second kappa shape index (κ2) is 15.0. The summed E-state index contributed by atoms with van der Waals surface area (Å²) < 4.78 is 0. The molecule has 0 unspecified atom stereocenters. The zero-order chi connectivity index (χ0) is 42.1. The zero-order valence-electron chi connectivity index (χ0n) is 36.4. The van der Waals surface area contributed by atoms with Crippen LogP contribution in [-0.4, -0.2) is 0 Å². The van der Waals surface area contributed by atoms with Crippen LogP contribution in [0.2, 0.25) is 0 Å². The molecule has 8 aromatic carbocycles. The number of fused-ring (bicyclic) bond motifs is 3. The van der Waals surface area contributed by atoms with Gasteiger partial charge in [0.2, 0.25) is 0 Å². The lowest BCUT2D eigenvalue weighted by Crippen LogP contribution is -2.56. The van der Waals surface area contributed by atoms with Gasteiger partial charge >= 0.3 is 0 Å². The topological polar surface area (TPSA) is 6.48 Å². The fourth-order valence-electron chi connectivity index (χ4n) is 13.1. The summed E-state index contributed by atoms with van der Waals surface area (Å²) in [4.78, 5) is 4.80. The molecule has 4 saturated carbocycles. The van der Waals surface area contributed by atoms with Crippen LogP contribution in [0.3, 0.4) is 0 Å². The molecular weight excluding hydrogens is 761 g/mol. The van der Waals surface area contributed by atoms with Gasteiger partial charge in [0.1, 0.15) is 0 Å². The average molecular weight is 815 g/mol. The van der Waals surface area contributed by atoms with Crippen LogP contribution < -0.4 is 9.80 Å². The second-order valence-electron chi connectivity index (χ2n) is 19.4. The third-order valence-electron chi connectivity index (χ3n) is 15.7. The van der Waals surface area contributed by atoms with Crippen LogP contribution in [-0.2, 0) is 10.8 Å². The van der Waals surface area contributed by atoms with Crippen molar-refractivity contribution in [2.75, 3.05) is 9.80 Å². The Morgan fingerprint density at radius 2 is 0.730 bits per heavy atom. The number of para-hydroxylation sites is 3. The van der Waals surface area contributed by atoms with Gasteiger partial charge in [-0.25, -0.2) is 0 Å². The Bertz CT molecular complexity index is 2830. The average Bonchev–Trinajstić information content (AvgIpc) is 3.56. The largest absolute Gasteiger partial charge is 0.311 e. The summed E-state index contributed by atoms with van der Waals surface area (Å²) >= 11 is 0. The van der Waals surface area contributed by atoms with E-state index in [9.17, 15) is 0 Å². The van der Waals surface area contributed by atoms with E-state index in [4.69, 9.17) is 0 Å². The fourth-order valence-corrected chi connectivity index (χ4v) is 13.1. The molecule has 8 aromatic rings. The lowest BCUT2D eigenvalue weighted by atomic mass is 9.42. The van der Waals surface area contributed by atoms with Gasteiger partial charge in [0.15, 0.2) is 0 Å². The summed E-state index contributed by atoms with van der Waals surface area (Å²) in [5.74, 6) is 3.12. The SMILES string of the molecule is CC1(C)c2ccccc2-c2ccc(N(c3ccccc3)c3ccc(-c4ccc(C5(c6ccc(N(c7ccccc7)c7ccccc7)cc6)C6CC7CC(C6)CC5C7)cc4)cc3)cc21. The van der Waals surface area contributed by atoms with Crippen LogP contribution in [0.5, 0.6) is 0 Å². The summed E-state index contributed by atoms with van der Waals surface area (Å²) in [6.45, 7) is 4.73. The molecule has 0 N–H and O–H groups in total. The van der Waals surface area contributed by atoms with Gasteiger partial charge in [0.05, 0.1) is 0 Å². The van der Waals surface area contributed by atoms with E-state index in [1.165, 1.54) is 99.4 Å². The van der Waals surface area contributed by atoms with Crippen molar-refractivity contribution in [2.24, 2.45) is 23.7 Å². The number of benzene rings is 8. The van der Waals surface area contributed by atoms with Crippen LogP contribution in [0.1, 0.15) is 68.2 Å². The summed E-state index contributed by atoms with van der Waals surface area (Å²) in [5, 5.41) is 0. The van der Waals surface area contributed by atoms with Crippen LogP contribution in [0.4, 0.5) is 34.1 Å². The zero-order valence-corrected chi connectivity index (χ0v) is 36.4. The maximum Gasteiger partial charge on any atom is 0.0465 e. The first-order valence-electron chi connectivity index (χ1n) is 23.3. The van der Waals surface area contributed by atoms with Crippen molar-refractivity contribution in [2.45, 2.75) is 56.8 Å². The number of nitrogens with zero attached hydrogens (tertiary/aromatic N) is 2. The highest BCUT2D eigenvalue weighted by molar-refractivity contribution is 5.86. The van der Waals surface area contributed by atoms with Gasteiger partial charge in [0.25, 0.3) is 0 Å². The van der Waals surface area contributed by atoms with Crippen molar-refractivity contribution in [3.8, 4) is 22.3 Å². The van der Waals surface area contributed by atoms with Gasteiger partial charge in [-0.2, -0.15) is 0 Å². The van der Waals surface area contributed by atoms with Gasteiger partial charge in [-0.3, -0.25) is 0 Å². The molecule has 13 rings (SSSR count). The number of anilines is 6. The van der Waals surface area contributed by atoms with Crippen molar-refractivity contribution < 1.29 is 0 Å². The highest BCUT2D eigenvalue weighted by atomic mass is 15.1. The molecule has 5 aliphatic carbocycles. The van der Waals surface area contributed by atoms with E-state index in [-0.39, 0.29) is 10.8 Å². The third kappa shape index (κ3) is 6.21. The molecule has 0 aliphatic heterocycles. The normalized spacial score (nSPS) is 22.3. The minimum atomic E-state index is -0.0645.